The van der Waals surface area contributed by atoms with Crippen LogP contribution in [0.3, 0.4) is 0 Å². The summed E-state index contributed by atoms with van der Waals surface area (Å²) in [5, 5.41) is 0. The number of Topliss-reactive ketones (excluding diaryl/α,β-unsaturated/α-hetero) is 1. The molecule has 1 aliphatic heterocycles. The second-order valence-electron chi connectivity index (χ2n) is 6.06. The molecule has 0 spiro atoms. The molecule has 0 bridgehead atoms. The van der Waals surface area contributed by atoms with E-state index in [1.165, 1.54) is 19.3 Å². The molecule has 4 heteroatoms. The van der Waals surface area contributed by atoms with Crippen LogP contribution in [0.5, 0.6) is 0 Å². The molecular weight excluding hydrogens is 240 g/mol. The zero-order chi connectivity index (χ0) is 13.7. The summed E-state index contributed by atoms with van der Waals surface area (Å²) in [6, 6.07) is 0. The molecule has 0 atom stereocenters. The number of ketones is 1. The van der Waals surface area contributed by atoms with E-state index in [0.29, 0.717) is 18.9 Å². The predicted molar refractivity (Wildman–Crippen MR) is 74.9 cm³/mol. The molecule has 0 aromatic rings. The minimum atomic E-state index is 0.177. The van der Waals surface area contributed by atoms with Gasteiger partial charge in [-0.1, -0.05) is 19.3 Å². The highest BCUT2D eigenvalue weighted by molar-refractivity contribution is 5.84. The molecule has 0 aromatic carbocycles. The lowest BCUT2D eigenvalue weighted by atomic mass is 9.86. The Morgan fingerprint density at radius 1 is 1.00 bits per heavy atom. The summed E-state index contributed by atoms with van der Waals surface area (Å²) < 4.78 is 0. The van der Waals surface area contributed by atoms with Crippen molar-refractivity contribution in [1.29, 1.82) is 0 Å². The fourth-order valence-corrected chi connectivity index (χ4v) is 3.17. The maximum absolute atomic E-state index is 12.1. The van der Waals surface area contributed by atoms with Gasteiger partial charge in [0.1, 0.15) is 5.78 Å². The Morgan fingerprint density at radius 2 is 1.63 bits per heavy atom. The summed E-state index contributed by atoms with van der Waals surface area (Å²) in [5.74, 6) is 0.756. The van der Waals surface area contributed by atoms with Gasteiger partial charge in [0.15, 0.2) is 0 Å². The minimum absolute atomic E-state index is 0.177. The summed E-state index contributed by atoms with van der Waals surface area (Å²) in [6.45, 7) is 2.61. The lowest BCUT2D eigenvalue weighted by molar-refractivity contribution is -0.132. The standard InChI is InChI=1S/C15H26N2O2/c1-16(12-15(19)17-9-5-6-10-17)11-14(18)13-7-3-2-4-8-13/h13H,2-12H2,1H3. The largest absolute Gasteiger partial charge is 0.342 e. The predicted octanol–water partition coefficient (Wildman–Crippen LogP) is 1.69. The molecule has 0 unspecified atom stereocenters. The smallest absolute Gasteiger partial charge is 0.236 e. The van der Waals surface area contributed by atoms with Crippen LogP contribution in [-0.4, -0.2) is 54.7 Å². The molecule has 2 aliphatic rings. The summed E-state index contributed by atoms with van der Waals surface area (Å²) in [6.07, 6.45) is 7.99. The third kappa shape index (κ3) is 4.30. The van der Waals surface area contributed by atoms with Crippen molar-refractivity contribution in [3.8, 4) is 0 Å². The first-order valence-electron chi connectivity index (χ1n) is 7.66. The highest BCUT2D eigenvalue weighted by Gasteiger charge is 2.24. The maximum atomic E-state index is 12.1. The van der Waals surface area contributed by atoms with Crippen LogP contribution < -0.4 is 0 Å². The highest BCUT2D eigenvalue weighted by Crippen LogP contribution is 2.24. The van der Waals surface area contributed by atoms with Gasteiger partial charge in [-0.05, 0) is 32.7 Å². The van der Waals surface area contributed by atoms with Gasteiger partial charge in [0.2, 0.25) is 5.91 Å². The first-order valence-corrected chi connectivity index (χ1v) is 7.66. The van der Waals surface area contributed by atoms with Crippen LogP contribution in [-0.2, 0) is 9.59 Å². The van der Waals surface area contributed by atoms with Crippen molar-refractivity contribution in [2.24, 2.45) is 5.92 Å². The fourth-order valence-electron chi connectivity index (χ4n) is 3.17. The van der Waals surface area contributed by atoms with Crippen LogP contribution in [0.4, 0.5) is 0 Å². The van der Waals surface area contributed by atoms with E-state index in [-0.39, 0.29) is 11.8 Å². The van der Waals surface area contributed by atoms with Gasteiger partial charge < -0.3 is 4.90 Å². The van der Waals surface area contributed by atoms with Crippen LogP contribution in [0.1, 0.15) is 44.9 Å². The Kier molecular flexibility index (Phi) is 5.37. The fraction of sp³-hybridized carbons (Fsp3) is 0.867. The Morgan fingerprint density at radius 3 is 2.26 bits per heavy atom. The van der Waals surface area contributed by atoms with E-state index in [9.17, 15) is 9.59 Å². The van der Waals surface area contributed by atoms with Gasteiger partial charge in [0.25, 0.3) is 0 Å². The average molecular weight is 266 g/mol. The molecule has 0 N–H and O–H groups in total. The Hall–Kier alpha value is -0.900. The van der Waals surface area contributed by atoms with Crippen molar-refractivity contribution < 1.29 is 9.59 Å². The molecule has 19 heavy (non-hydrogen) atoms. The topological polar surface area (TPSA) is 40.6 Å². The molecule has 1 amide bonds. The summed E-state index contributed by atoms with van der Waals surface area (Å²) in [5.41, 5.74) is 0. The van der Waals surface area contributed by atoms with Crippen molar-refractivity contribution in [2.45, 2.75) is 44.9 Å². The number of amides is 1. The second-order valence-corrected chi connectivity index (χ2v) is 6.06. The van der Waals surface area contributed by atoms with Gasteiger partial charge in [-0.15, -0.1) is 0 Å². The third-order valence-electron chi connectivity index (χ3n) is 4.35. The van der Waals surface area contributed by atoms with E-state index in [1.54, 1.807) is 0 Å². The van der Waals surface area contributed by atoms with Crippen molar-refractivity contribution in [2.75, 3.05) is 33.2 Å². The van der Waals surface area contributed by atoms with Crippen molar-refractivity contribution in [3.05, 3.63) is 0 Å². The monoisotopic (exact) mass is 266 g/mol. The van der Waals surface area contributed by atoms with E-state index in [0.717, 1.165) is 38.8 Å². The lowest BCUT2D eigenvalue weighted by Gasteiger charge is -2.24. The lowest BCUT2D eigenvalue weighted by Crippen LogP contribution is -2.40. The Balaban J connectivity index is 1.72. The van der Waals surface area contributed by atoms with Gasteiger partial charge in [0.05, 0.1) is 13.1 Å². The van der Waals surface area contributed by atoms with Crippen LogP contribution >= 0.6 is 0 Å². The second kappa shape index (κ2) is 7.04. The minimum Gasteiger partial charge on any atom is -0.342 e. The van der Waals surface area contributed by atoms with Gasteiger partial charge in [-0.25, -0.2) is 0 Å². The van der Waals surface area contributed by atoms with Crippen molar-refractivity contribution in [3.63, 3.8) is 0 Å². The van der Waals surface area contributed by atoms with Crippen LogP contribution in [0, 0.1) is 5.92 Å². The quantitative estimate of drug-likeness (QED) is 0.760. The van der Waals surface area contributed by atoms with Gasteiger partial charge in [-0.3, -0.25) is 14.5 Å². The summed E-state index contributed by atoms with van der Waals surface area (Å²) in [4.78, 5) is 27.9. The number of likely N-dealkylation sites (N-methyl/N-ethyl adjacent to an activating group) is 1. The van der Waals surface area contributed by atoms with Crippen LogP contribution in [0.2, 0.25) is 0 Å². The van der Waals surface area contributed by atoms with Crippen molar-refractivity contribution in [1.82, 2.24) is 9.80 Å². The zero-order valence-electron chi connectivity index (χ0n) is 12.1. The Labute approximate surface area is 116 Å². The molecule has 0 radical (unpaired) electrons. The highest BCUT2D eigenvalue weighted by atomic mass is 16.2. The maximum Gasteiger partial charge on any atom is 0.236 e. The molecule has 1 saturated heterocycles. The molecule has 1 heterocycles. The number of hydrogen-bond donors (Lipinski definition) is 0. The zero-order valence-corrected chi connectivity index (χ0v) is 12.1. The van der Waals surface area contributed by atoms with Crippen LogP contribution in [0.25, 0.3) is 0 Å². The third-order valence-corrected chi connectivity index (χ3v) is 4.35. The summed E-state index contributed by atoms with van der Waals surface area (Å²) in [7, 11) is 1.88. The summed E-state index contributed by atoms with van der Waals surface area (Å²) >= 11 is 0. The van der Waals surface area contributed by atoms with E-state index in [1.807, 2.05) is 16.8 Å². The average Bonchev–Trinajstić information content (AvgIpc) is 2.93. The van der Waals surface area contributed by atoms with Gasteiger partial charge >= 0.3 is 0 Å². The Bertz CT molecular complexity index is 318. The first-order chi connectivity index (χ1) is 9.16. The molecule has 4 nitrogen and oxygen atoms in total. The number of carbonyl (C=O) groups excluding carboxylic acids is 2. The molecule has 1 aliphatic carbocycles. The van der Waals surface area contributed by atoms with Crippen LogP contribution in [0.15, 0.2) is 0 Å². The number of likely N-dealkylation sites (tertiary alicyclic amines) is 1. The van der Waals surface area contributed by atoms with E-state index < -0.39 is 0 Å². The SMILES string of the molecule is CN(CC(=O)C1CCCCC1)CC(=O)N1CCCC1. The molecular formula is C15H26N2O2. The van der Waals surface area contributed by atoms with Gasteiger partial charge in [-0.2, -0.15) is 0 Å². The number of rotatable bonds is 5. The molecule has 2 rings (SSSR count). The van der Waals surface area contributed by atoms with Gasteiger partial charge in [0, 0.05) is 19.0 Å². The number of nitrogens with zero attached hydrogens (tertiary/aromatic N) is 2. The van der Waals surface area contributed by atoms with E-state index in [2.05, 4.69) is 0 Å². The first kappa shape index (κ1) is 14.5. The molecule has 1 saturated carbocycles. The van der Waals surface area contributed by atoms with E-state index >= 15 is 0 Å². The molecule has 108 valence electrons. The number of hydrogen-bond acceptors (Lipinski definition) is 3. The molecule has 0 aromatic heterocycles. The van der Waals surface area contributed by atoms with Crippen molar-refractivity contribution >= 4 is 11.7 Å². The van der Waals surface area contributed by atoms with E-state index in [4.69, 9.17) is 0 Å². The normalized spacial score (nSPS) is 21.1. The molecule has 2 fully saturated rings. The number of carbonyl (C=O) groups is 2.